The predicted molar refractivity (Wildman–Crippen MR) is 83.5 cm³/mol. The smallest absolute Gasteiger partial charge is 0.258 e. The van der Waals surface area contributed by atoms with Gasteiger partial charge in [0.15, 0.2) is 0 Å². The van der Waals surface area contributed by atoms with Crippen molar-refractivity contribution in [1.29, 1.82) is 0 Å². The number of amides is 1. The summed E-state index contributed by atoms with van der Waals surface area (Å²) in [5.41, 5.74) is 2.14. The van der Waals surface area contributed by atoms with Crippen LogP contribution in [0.2, 0.25) is 0 Å². The Labute approximate surface area is 129 Å². The number of nitrogens with zero attached hydrogens (tertiary/aromatic N) is 3. The Balaban J connectivity index is 1.77. The van der Waals surface area contributed by atoms with Crippen LogP contribution in [0, 0.1) is 0 Å². The number of rotatable bonds is 3. The molecule has 0 spiro atoms. The summed E-state index contributed by atoms with van der Waals surface area (Å²) in [7, 11) is 0. The average molecular weight is 343 g/mol. The molecule has 0 aliphatic carbocycles. The minimum Gasteiger partial charge on any atom is -0.322 e. The van der Waals surface area contributed by atoms with E-state index >= 15 is 0 Å². The lowest BCUT2D eigenvalue weighted by atomic mass is 10.2. The van der Waals surface area contributed by atoms with Gasteiger partial charge in [0, 0.05) is 24.3 Å². The Bertz CT molecular complexity index is 754. The number of aromatic nitrogens is 3. The minimum atomic E-state index is -0.207. The Hall–Kier alpha value is -2.47. The van der Waals surface area contributed by atoms with Crippen LogP contribution in [-0.4, -0.2) is 20.7 Å². The summed E-state index contributed by atoms with van der Waals surface area (Å²) in [5.74, 6) is -0.207. The summed E-state index contributed by atoms with van der Waals surface area (Å²) in [6.45, 7) is 0. The van der Waals surface area contributed by atoms with E-state index < -0.39 is 0 Å². The molecule has 0 saturated carbocycles. The monoisotopic (exact) mass is 342 g/mol. The van der Waals surface area contributed by atoms with E-state index in [1.54, 1.807) is 29.2 Å². The quantitative estimate of drug-likeness (QED) is 0.743. The number of halogens is 1. The van der Waals surface area contributed by atoms with E-state index in [1.807, 2.05) is 36.5 Å². The standard InChI is InChI=1S/C15H11BrN4O/c16-14-13(3-1-8-17-14)15(21)19-11-4-6-12(7-5-11)20-10-2-9-18-20/h1-10H,(H,19,21). The second-order valence-electron chi connectivity index (χ2n) is 4.29. The number of benzene rings is 1. The van der Waals surface area contributed by atoms with Crippen molar-refractivity contribution in [3.05, 3.63) is 71.2 Å². The number of nitrogens with one attached hydrogen (secondary N) is 1. The van der Waals surface area contributed by atoms with Crippen molar-refractivity contribution in [2.45, 2.75) is 0 Å². The van der Waals surface area contributed by atoms with Crippen LogP contribution in [0.25, 0.3) is 5.69 Å². The average Bonchev–Trinajstić information content (AvgIpc) is 3.02. The van der Waals surface area contributed by atoms with E-state index in [1.165, 1.54) is 0 Å². The van der Waals surface area contributed by atoms with Gasteiger partial charge in [0.05, 0.1) is 11.3 Å². The molecule has 0 aliphatic heterocycles. The maximum atomic E-state index is 12.1. The molecular weight excluding hydrogens is 332 g/mol. The SMILES string of the molecule is O=C(Nc1ccc(-n2cccn2)cc1)c1cccnc1Br. The van der Waals surface area contributed by atoms with Gasteiger partial charge in [-0.3, -0.25) is 4.79 Å². The highest BCUT2D eigenvalue weighted by Crippen LogP contribution is 2.17. The van der Waals surface area contributed by atoms with Crippen LogP contribution < -0.4 is 5.32 Å². The molecule has 0 radical (unpaired) electrons. The zero-order valence-corrected chi connectivity index (χ0v) is 12.5. The zero-order chi connectivity index (χ0) is 14.7. The number of hydrogen-bond acceptors (Lipinski definition) is 3. The Morgan fingerprint density at radius 3 is 2.57 bits per heavy atom. The van der Waals surface area contributed by atoms with Crippen molar-refractivity contribution >= 4 is 27.5 Å². The van der Waals surface area contributed by atoms with E-state index in [4.69, 9.17) is 0 Å². The first-order valence-corrected chi connectivity index (χ1v) is 7.05. The molecule has 3 rings (SSSR count). The maximum absolute atomic E-state index is 12.1. The van der Waals surface area contributed by atoms with Gasteiger partial charge in [-0.2, -0.15) is 5.10 Å². The van der Waals surface area contributed by atoms with E-state index in [9.17, 15) is 4.79 Å². The van der Waals surface area contributed by atoms with Crippen LogP contribution in [0.15, 0.2) is 65.7 Å². The molecule has 1 N–H and O–H groups in total. The van der Waals surface area contributed by atoms with Gasteiger partial charge >= 0.3 is 0 Å². The number of pyridine rings is 1. The number of anilines is 1. The second kappa shape index (κ2) is 5.88. The first-order chi connectivity index (χ1) is 10.2. The summed E-state index contributed by atoms with van der Waals surface area (Å²) < 4.78 is 2.28. The van der Waals surface area contributed by atoms with Gasteiger partial charge in [-0.15, -0.1) is 0 Å². The van der Waals surface area contributed by atoms with Gasteiger partial charge in [-0.1, -0.05) is 0 Å². The normalized spacial score (nSPS) is 10.3. The first-order valence-electron chi connectivity index (χ1n) is 6.26. The lowest BCUT2D eigenvalue weighted by Gasteiger charge is -2.07. The molecular formula is C15H11BrN4O. The Morgan fingerprint density at radius 1 is 1.10 bits per heavy atom. The maximum Gasteiger partial charge on any atom is 0.258 e. The van der Waals surface area contributed by atoms with Crippen molar-refractivity contribution in [2.75, 3.05) is 5.32 Å². The van der Waals surface area contributed by atoms with E-state index in [0.29, 0.717) is 15.9 Å². The molecule has 1 amide bonds. The summed E-state index contributed by atoms with van der Waals surface area (Å²) in [5, 5.41) is 6.98. The van der Waals surface area contributed by atoms with Crippen LogP contribution in [-0.2, 0) is 0 Å². The molecule has 5 nitrogen and oxygen atoms in total. The van der Waals surface area contributed by atoms with Crippen LogP contribution in [0.3, 0.4) is 0 Å². The van der Waals surface area contributed by atoms with Crippen molar-refractivity contribution in [3.63, 3.8) is 0 Å². The first kappa shape index (κ1) is 13.5. The summed E-state index contributed by atoms with van der Waals surface area (Å²) >= 11 is 3.26. The molecule has 0 saturated heterocycles. The van der Waals surface area contributed by atoms with Gasteiger partial charge in [0.1, 0.15) is 4.60 Å². The molecule has 0 fully saturated rings. The van der Waals surface area contributed by atoms with Crippen molar-refractivity contribution < 1.29 is 4.79 Å². The fourth-order valence-corrected chi connectivity index (χ4v) is 2.30. The topological polar surface area (TPSA) is 59.8 Å². The highest BCUT2D eigenvalue weighted by atomic mass is 79.9. The third-order valence-corrected chi connectivity index (χ3v) is 3.53. The number of hydrogen-bond donors (Lipinski definition) is 1. The third-order valence-electron chi connectivity index (χ3n) is 2.90. The van der Waals surface area contributed by atoms with E-state index in [-0.39, 0.29) is 5.91 Å². The molecule has 21 heavy (non-hydrogen) atoms. The van der Waals surface area contributed by atoms with Crippen molar-refractivity contribution in [1.82, 2.24) is 14.8 Å². The molecule has 1 aromatic carbocycles. The highest BCUT2D eigenvalue weighted by molar-refractivity contribution is 9.10. The predicted octanol–water partition coefficient (Wildman–Crippen LogP) is 3.28. The van der Waals surface area contributed by atoms with Gasteiger partial charge < -0.3 is 5.32 Å². The Morgan fingerprint density at radius 2 is 1.90 bits per heavy atom. The summed E-state index contributed by atoms with van der Waals surface area (Å²) in [4.78, 5) is 16.2. The molecule has 2 aromatic heterocycles. The van der Waals surface area contributed by atoms with Gasteiger partial charge in [-0.05, 0) is 58.4 Å². The third kappa shape index (κ3) is 3.00. The molecule has 0 aliphatic rings. The van der Waals surface area contributed by atoms with Gasteiger partial charge in [0.2, 0.25) is 0 Å². The van der Waals surface area contributed by atoms with Gasteiger partial charge in [-0.25, -0.2) is 9.67 Å². The Kier molecular flexibility index (Phi) is 3.79. The largest absolute Gasteiger partial charge is 0.322 e. The lowest BCUT2D eigenvalue weighted by molar-refractivity contribution is 0.102. The molecule has 6 heteroatoms. The van der Waals surface area contributed by atoms with Crippen LogP contribution in [0.1, 0.15) is 10.4 Å². The highest BCUT2D eigenvalue weighted by Gasteiger charge is 2.10. The number of carbonyl (C=O) groups is 1. The molecule has 0 bridgehead atoms. The fraction of sp³-hybridized carbons (Fsp3) is 0. The van der Waals surface area contributed by atoms with Crippen molar-refractivity contribution in [2.24, 2.45) is 0 Å². The van der Waals surface area contributed by atoms with Crippen molar-refractivity contribution in [3.8, 4) is 5.69 Å². The zero-order valence-electron chi connectivity index (χ0n) is 10.9. The molecule has 3 aromatic rings. The molecule has 0 atom stereocenters. The fourth-order valence-electron chi connectivity index (χ4n) is 1.87. The van der Waals surface area contributed by atoms with Crippen LogP contribution >= 0.6 is 15.9 Å². The molecule has 2 heterocycles. The lowest BCUT2D eigenvalue weighted by Crippen LogP contribution is -2.13. The summed E-state index contributed by atoms with van der Waals surface area (Å²) in [6.07, 6.45) is 5.20. The molecule has 0 unspecified atom stereocenters. The molecule has 104 valence electrons. The van der Waals surface area contributed by atoms with Crippen LogP contribution in [0.5, 0.6) is 0 Å². The van der Waals surface area contributed by atoms with E-state index in [2.05, 4.69) is 31.3 Å². The van der Waals surface area contributed by atoms with Gasteiger partial charge in [0.25, 0.3) is 5.91 Å². The second-order valence-corrected chi connectivity index (χ2v) is 5.04. The number of carbonyl (C=O) groups excluding carboxylic acids is 1. The van der Waals surface area contributed by atoms with Crippen LogP contribution in [0.4, 0.5) is 5.69 Å². The summed E-state index contributed by atoms with van der Waals surface area (Å²) in [6, 6.07) is 12.7. The minimum absolute atomic E-state index is 0.207. The van der Waals surface area contributed by atoms with E-state index in [0.717, 1.165) is 5.69 Å².